The molecule has 11 heteroatoms. The molecule has 0 aliphatic carbocycles. The van der Waals surface area contributed by atoms with E-state index in [0.717, 1.165) is 11.1 Å². The van der Waals surface area contributed by atoms with Crippen molar-refractivity contribution in [2.45, 2.75) is 39.7 Å². The molecule has 198 valence electrons. The first kappa shape index (κ1) is 28.0. The Bertz CT molecular complexity index is 1420. The van der Waals surface area contributed by atoms with Crippen LogP contribution < -0.4 is 20.5 Å². The lowest BCUT2D eigenvalue weighted by molar-refractivity contribution is -0.122. The lowest BCUT2D eigenvalue weighted by Gasteiger charge is -2.19. The molecule has 1 heterocycles. The van der Waals surface area contributed by atoms with Crippen LogP contribution in [0.2, 0.25) is 20.1 Å². The normalized spacial score (nSPS) is 15.0. The zero-order valence-corrected chi connectivity index (χ0v) is 23.8. The molecule has 7 nitrogen and oxygen atoms in total. The van der Waals surface area contributed by atoms with E-state index in [1.807, 2.05) is 39.0 Å². The number of amides is 2. The number of benzene rings is 3. The predicted molar refractivity (Wildman–Crippen MR) is 155 cm³/mol. The first-order valence-electron chi connectivity index (χ1n) is 11.7. The molecule has 1 aliphatic rings. The molecule has 1 atom stereocenters. The second-order valence-corrected chi connectivity index (χ2v) is 10.4. The smallest absolute Gasteiger partial charge is 0.265 e. The number of ether oxygens (including phenoxy) is 1. The molecule has 3 aromatic carbocycles. The number of anilines is 2. The molecule has 1 saturated heterocycles. The van der Waals surface area contributed by atoms with Gasteiger partial charge in [0.1, 0.15) is 17.3 Å². The third kappa shape index (κ3) is 6.35. The summed E-state index contributed by atoms with van der Waals surface area (Å²) in [5, 5.41) is 5.18. The van der Waals surface area contributed by atoms with Gasteiger partial charge in [0.25, 0.3) is 11.8 Å². The van der Waals surface area contributed by atoms with Crippen LogP contribution in [0.25, 0.3) is 0 Å². The Labute approximate surface area is 240 Å². The molecule has 0 saturated carbocycles. The molecule has 0 spiro atoms. The molecular weight excluding hydrogens is 570 g/mol. The molecule has 38 heavy (non-hydrogen) atoms. The minimum atomic E-state index is -0.696. The second kappa shape index (κ2) is 11.8. The van der Waals surface area contributed by atoms with Gasteiger partial charge in [0.05, 0.1) is 27.2 Å². The fraction of sp³-hybridized carbons (Fsp3) is 0.222. The zero-order chi connectivity index (χ0) is 27.6. The molecule has 1 unspecified atom stereocenters. The number of aryl methyl sites for hydroxylation is 2. The Kier molecular flexibility index (Phi) is 8.73. The monoisotopic (exact) mass is 592 g/mol. The summed E-state index contributed by atoms with van der Waals surface area (Å²) in [4.78, 5) is 30.2. The van der Waals surface area contributed by atoms with Crippen molar-refractivity contribution in [2.75, 3.05) is 10.3 Å². The zero-order valence-electron chi connectivity index (χ0n) is 20.7. The Hall–Kier alpha value is -2.97. The Morgan fingerprint density at radius 3 is 2.42 bits per heavy atom. The molecule has 1 fully saturated rings. The average Bonchev–Trinajstić information content (AvgIpc) is 3.19. The number of hydrazine groups is 1. The number of aliphatic imine (C=N–C) groups is 1. The first-order valence-corrected chi connectivity index (χ1v) is 13.2. The molecule has 0 bridgehead atoms. The summed E-state index contributed by atoms with van der Waals surface area (Å²) in [5.41, 5.74) is 6.09. The number of hydrogen-bond acceptors (Lipinski definition) is 4. The molecular formula is C27H24Cl4N4O3. The molecule has 0 aromatic heterocycles. The fourth-order valence-corrected chi connectivity index (χ4v) is 5.04. The van der Waals surface area contributed by atoms with Crippen LogP contribution in [0.1, 0.15) is 30.9 Å². The van der Waals surface area contributed by atoms with E-state index in [2.05, 4.69) is 15.7 Å². The lowest BCUT2D eigenvalue weighted by Crippen LogP contribution is -2.36. The van der Waals surface area contributed by atoms with Crippen molar-refractivity contribution >= 4 is 81.1 Å². The Morgan fingerprint density at radius 2 is 1.76 bits per heavy atom. The van der Waals surface area contributed by atoms with Crippen LogP contribution in [-0.2, 0) is 9.59 Å². The van der Waals surface area contributed by atoms with Gasteiger partial charge >= 0.3 is 0 Å². The summed E-state index contributed by atoms with van der Waals surface area (Å²) in [6, 6.07) is 13.7. The molecule has 4 rings (SSSR count). The minimum absolute atomic E-state index is 0.0378. The summed E-state index contributed by atoms with van der Waals surface area (Å²) < 4.78 is 5.99. The number of rotatable bonds is 7. The summed E-state index contributed by atoms with van der Waals surface area (Å²) in [6.45, 7) is 5.81. The van der Waals surface area contributed by atoms with Gasteiger partial charge in [-0.2, -0.15) is 0 Å². The van der Waals surface area contributed by atoms with E-state index in [4.69, 9.17) is 51.1 Å². The molecule has 3 aromatic rings. The summed E-state index contributed by atoms with van der Waals surface area (Å²) in [6.07, 6.45) is -0.262. The van der Waals surface area contributed by atoms with Crippen LogP contribution in [0, 0.1) is 13.8 Å². The van der Waals surface area contributed by atoms with Crippen molar-refractivity contribution < 1.29 is 14.3 Å². The summed E-state index contributed by atoms with van der Waals surface area (Å²) in [7, 11) is 0. The van der Waals surface area contributed by atoms with E-state index in [9.17, 15) is 9.59 Å². The summed E-state index contributed by atoms with van der Waals surface area (Å²) >= 11 is 24.9. The highest BCUT2D eigenvalue weighted by Crippen LogP contribution is 2.37. The van der Waals surface area contributed by atoms with E-state index in [0.29, 0.717) is 39.4 Å². The van der Waals surface area contributed by atoms with E-state index < -0.39 is 6.10 Å². The number of carbonyl (C=O) groups excluding carboxylic acids is 2. The van der Waals surface area contributed by atoms with Crippen molar-refractivity contribution in [1.82, 2.24) is 5.43 Å². The highest BCUT2D eigenvalue weighted by atomic mass is 35.5. The van der Waals surface area contributed by atoms with E-state index >= 15 is 0 Å². The van der Waals surface area contributed by atoms with Gasteiger partial charge in [0.15, 0.2) is 6.10 Å². The largest absolute Gasteiger partial charge is 0.480 e. The van der Waals surface area contributed by atoms with Crippen LogP contribution >= 0.6 is 46.4 Å². The highest BCUT2D eigenvalue weighted by molar-refractivity contribution is 6.42. The van der Waals surface area contributed by atoms with Crippen LogP contribution in [-0.4, -0.2) is 23.8 Å². The molecule has 2 N–H and O–H groups in total. The quantitative estimate of drug-likeness (QED) is 0.294. The van der Waals surface area contributed by atoms with Gasteiger partial charge in [-0.3, -0.25) is 15.0 Å². The van der Waals surface area contributed by atoms with Gasteiger partial charge in [-0.1, -0.05) is 71.0 Å². The maximum Gasteiger partial charge on any atom is 0.265 e. The number of hydrogen-bond donors (Lipinski definition) is 2. The maximum atomic E-state index is 13.0. The number of nitrogens with zero attached hydrogens (tertiary/aromatic N) is 2. The third-order valence-corrected chi connectivity index (χ3v) is 6.86. The maximum absolute atomic E-state index is 13.0. The van der Waals surface area contributed by atoms with Gasteiger partial charge in [0, 0.05) is 10.7 Å². The minimum Gasteiger partial charge on any atom is -0.480 e. The SMILES string of the molecule is CCC(Oc1ccc(C)cc1C)C(=O)Nc1ccc(Cl)c(N=C2CC(=O)N(c3c(Cl)cc(Cl)cc3Cl)N2)c1. The summed E-state index contributed by atoms with van der Waals surface area (Å²) in [5.74, 6) is 0.362. The van der Waals surface area contributed by atoms with Gasteiger partial charge in [-0.05, 0) is 62.2 Å². The van der Waals surface area contributed by atoms with Crippen LogP contribution in [0.3, 0.4) is 0 Å². The Morgan fingerprint density at radius 1 is 1.05 bits per heavy atom. The predicted octanol–water partition coefficient (Wildman–Crippen LogP) is 7.68. The molecule has 0 radical (unpaired) electrons. The van der Waals surface area contributed by atoms with Gasteiger partial charge in [0.2, 0.25) is 0 Å². The van der Waals surface area contributed by atoms with Crippen LogP contribution in [0.15, 0.2) is 53.5 Å². The number of carbonyl (C=O) groups is 2. The number of nitrogens with one attached hydrogen (secondary N) is 2. The van der Waals surface area contributed by atoms with Crippen molar-refractivity contribution in [3.8, 4) is 5.75 Å². The van der Waals surface area contributed by atoms with Crippen molar-refractivity contribution in [3.05, 3.63) is 79.7 Å². The van der Waals surface area contributed by atoms with Crippen molar-refractivity contribution in [3.63, 3.8) is 0 Å². The molecule has 1 aliphatic heterocycles. The van der Waals surface area contributed by atoms with E-state index in [1.165, 1.54) is 17.1 Å². The van der Waals surface area contributed by atoms with Crippen LogP contribution in [0.4, 0.5) is 17.1 Å². The van der Waals surface area contributed by atoms with Crippen molar-refractivity contribution in [2.24, 2.45) is 4.99 Å². The standard InChI is InChI=1S/C27H24Cl4N4O3/c1-4-22(38-23-8-5-14(2)9-15(23)3)27(37)32-17-6-7-18(29)21(12-17)33-24-13-25(36)35(34-24)26-19(30)10-16(28)11-20(26)31/h5-12,22H,4,13H2,1-3H3,(H,32,37)(H,33,34). The molecule has 2 amide bonds. The first-order chi connectivity index (χ1) is 18.0. The topological polar surface area (TPSA) is 83.0 Å². The fourth-order valence-electron chi connectivity index (χ4n) is 3.90. The number of amidine groups is 1. The van der Waals surface area contributed by atoms with Gasteiger partial charge in [-0.25, -0.2) is 10.0 Å². The van der Waals surface area contributed by atoms with E-state index in [1.54, 1.807) is 18.2 Å². The average molecular weight is 594 g/mol. The lowest BCUT2D eigenvalue weighted by atomic mass is 10.1. The Balaban J connectivity index is 1.51. The van der Waals surface area contributed by atoms with Crippen molar-refractivity contribution in [1.29, 1.82) is 0 Å². The van der Waals surface area contributed by atoms with E-state index in [-0.39, 0.29) is 34.0 Å². The number of halogens is 4. The third-order valence-electron chi connectivity index (χ3n) is 5.75. The van der Waals surface area contributed by atoms with Gasteiger partial charge < -0.3 is 10.1 Å². The highest BCUT2D eigenvalue weighted by Gasteiger charge is 2.30. The second-order valence-electron chi connectivity index (χ2n) is 8.73. The van der Waals surface area contributed by atoms with Crippen LogP contribution in [0.5, 0.6) is 5.75 Å². The van der Waals surface area contributed by atoms with Gasteiger partial charge in [-0.15, -0.1) is 0 Å².